The van der Waals surface area contributed by atoms with Crippen molar-refractivity contribution in [1.29, 1.82) is 0 Å². The van der Waals surface area contributed by atoms with Crippen molar-refractivity contribution >= 4 is 28.6 Å². The molecule has 0 aliphatic rings. The molecule has 0 bridgehead atoms. The number of rotatable bonds is 4. The average Bonchev–Trinajstić information content (AvgIpc) is 2.93. The maximum Gasteiger partial charge on any atom is 0.241 e. The smallest absolute Gasteiger partial charge is 0.241 e. The van der Waals surface area contributed by atoms with Crippen molar-refractivity contribution in [3.63, 3.8) is 0 Å². The first-order valence-corrected chi connectivity index (χ1v) is 6.66. The number of anilines is 1. The monoisotopic (exact) mass is 289 g/mol. The molecular formula is C11H11N7OS. The molecule has 0 spiro atoms. The molecule has 3 N–H and O–H groups in total. The van der Waals surface area contributed by atoms with Crippen LogP contribution < -0.4 is 10.5 Å². The summed E-state index contributed by atoms with van der Waals surface area (Å²) >= 11 is 1.31. The third kappa shape index (κ3) is 2.23. The molecule has 0 aromatic carbocycles. The second kappa shape index (κ2) is 5.29. The van der Waals surface area contributed by atoms with Crippen LogP contribution in [0.1, 0.15) is 6.92 Å². The number of hydrogen-bond acceptors (Lipinski definition) is 8. The first-order chi connectivity index (χ1) is 9.79. The second-order valence-corrected chi connectivity index (χ2v) is 4.69. The molecule has 0 unspecified atom stereocenters. The van der Waals surface area contributed by atoms with Crippen LogP contribution in [-0.4, -0.2) is 36.5 Å². The summed E-state index contributed by atoms with van der Waals surface area (Å²) in [6.45, 7) is 2.36. The Kier molecular flexibility index (Phi) is 3.33. The quantitative estimate of drug-likeness (QED) is 0.690. The number of nitrogens with one attached hydrogen (secondary N) is 1. The molecule has 0 radical (unpaired) electrons. The van der Waals surface area contributed by atoms with Gasteiger partial charge in [0, 0.05) is 0 Å². The van der Waals surface area contributed by atoms with E-state index in [2.05, 4.69) is 29.9 Å². The molecule has 0 aliphatic heterocycles. The Bertz CT molecular complexity index is 744. The Labute approximate surface area is 118 Å². The number of fused-ring (bicyclic) bond motifs is 1. The van der Waals surface area contributed by atoms with Gasteiger partial charge in [0.15, 0.2) is 5.65 Å². The van der Waals surface area contributed by atoms with Gasteiger partial charge in [0.25, 0.3) is 0 Å². The lowest BCUT2D eigenvalue weighted by atomic mass is 10.5. The summed E-state index contributed by atoms with van der Waals surface area (Å²) in [4.78, 5) is 23.5. The second-order valence-electron chi connectivity index (χ2n) is 3.71. The van der Waals surface area contributed by atoms with Gasteiger partial charge in [-0.1, -0.05) is 0 Å². The van der Waals surface area contributed by atoms with Crippen LogP contribution in [-0.2, 0) is 0 Å². The molecule has 3 rings (SSSR count). The fourth-order valence-corrected chi connectivity index (χ4v) is 2.44. The molecule has 8 nitrogen and oxygen atoms in total. The van der Waals surface area contributed by atoms with E-state index in [1.54, 1.807) is 6.33 Å². The molecule has 3 aromatic rings. The normalized spacial score (nSPS) is 10.8. The fraction of sp³-hybridized carbons (Fsp3) is 0.182. The highest BCUT2D eigenvalue weighted by atomic mass is 32.2. The number of nitrogen functional groups attached to an aromatic ring is 1. The van der Waals surface area contributed by atoms with Crippen molar-refractivity contribution in [1.82, 2.24) is 29.9 Å². The van der Waals surface area contributed by atoms with Crippen molar-refractivity contribution in [3.8, 4) is 5.88 Å². The van der Waals surface area contributed by atoms with Crippen molar-refractivity contribution in [2.24, 2.45) is 0 Å². The van der Waals surface area contributed by atoms with Gasteiger partial charge in [0.05, 0.1) is 12.9 Å². The number of aromatic amines is 1. The predicted octanol–water partition coefficient (Wildman–Crippen LogP) is 1.27. The molecule has 0 saturated carbocycles. The minimum atomic E-state index is 0.375. The number of aromatic nitrogens is 6. The van der Waals surface area contributed by atoms with Crippen LogP contribution in [0.15, 0.2) is 29.0 Å². The Morgan fingerprint density at radius 2 is 1.95 bits per heavy atom. The number of nitrogens with two attached hydrogens (primary N) is 1. The Hall–Kier alpha value is -2.42. The topological polar surface area (TPSA) is 115 Å². The molecule has 0 fully saturated rings. The van der Waals surface area contributed by atoms with Gasteiger partial charge in [-0.05, 0) is 18.7 Å². The van der Waals surface area contributed by atoms with E-state index in [1.807, 2.05) is 6.92 Å². The zero-order valence-corrected chi connectivity index (χ0v) is 11.4. The third-order valence-corrected chi connectivity index (χ3v) is 3.49. The summed E-state index contributed by atoms with van der Waals surface area (Å²) < 4.78 is 5.35. The maximum atomic E-state index is 6.00. The highest BCUT2D eigenvalue weighted by Gasteiger charge is 2.14. The van der Waals surface area contributed by atoms with E-state index in [4.69, 9.17) is 10.5 Å². The van der Waals surface area contributed by atoms with Crippen LogP contribution in [0.3, 0.4) is 0 Å². The number of ether oxygens (including phenoxy) is 1. The van der Waals surface area contributed by atoms with Gasteiger partial charge in [-0.15, -0.1) is 0 Å². The number of nitrogens with zero attached hydrogens (tertiary/aromatic N) is 5. The van der Waals surface area contributed by atoms with E-state index < -0.39 is 0 Å². The van der Waals surface area contributed by atoms with Crippen molar-refractivity contribution in [3.05, 3.63) is 19.0 Å². The van der Waals surface area contributed by atoms with E-state index >= 15 is 0 Å². The summed E-state index contributed by atoms with van der Waals surface area (Å²) in [5.74, 6) is 0.375. The van der Waals surface area contributed by atoms with Gasteiger partial charge >= 0.3 is 0 Å². The first kappa shape index (κ1) is 12.6. The Morgan fingerprint density at radius 1 is 1.15 bits per heavy atom. The van der Waals surface area contributed by atoms with Gasteiger partial charge in [0.1, 0.15) is 33.9 Å². The number of imidazole rings is 1. The number of hydrogen-bond donors (Lipinski definition) is 2. The molecule has 9 heteroatoms. The third-order valence-electron chi connectivity index (χ3n) is 2.47. The lowest BCUT2D eigenvalue weighted by Crippen LogP contribution is -2.02. The molecule has 20 heavy (non-hydrogen) atoms. The van der Waals surface area contributed by atoms with Gasteiger partial charge in [-0.3, -0.25) is 0 Å². The minimum absolute atomic E-state index is 0.375. The van der Waals surface area contributed by atoms with E-state index in [0.29, 0.717) is 33.9 Å². The molecular weight excluding hydrogens is 278 g/mol. The van der Waals surface area contributed by atoms with Gasteiger partial charge in [-0.2, -0.15) is 4.98 Å². The zero-order chi connectivity index (χ0) is 13.9. The predicted molar refractivity (Wildman–Crippen MR) is 73.4 cm³/mol. The largest absolute Gasteiger partial charge is 0.476 e. The fourth-order valence-electron chi connectivity index (χ4n) is 1.61. The average molecular weight is 289 g/mol. The van der Waals surface area contributed by atoms with E-state index in [9.17, 15) is 0 Å². The highest BCUT2D eigenvalue weighted by Crippen LogP contribution is 2.34. The van der Waals surface area contributed by atoms with Crippen LogP contribution in [0.4, 0.5) is 5.69 Å². The maximum absolute atomic E-state index is 6.00. The Balaban J connectivity index is 1.99. The van der Waals surface area contributed by atoms with Crippen molar-refractivity contribution < 1.29 is 4.74 Å². The lowest BCUT2D eigenvalue weighted by molar-refractivity contribution is 0.327. The van der Waals surface area contributed by atoms with Crippen LogP contribution in [0.2, 0.25) is 0 Å². The lowest BCUT2D eigenvalue weighted by Gasteiger charge is -2.08. The molecule has 3 heterocycles. The number of H-pyrrole nitrogens is 1. The minimum Gasteiger partial charge on any atom is -0.476 e. The molecule has 0 saturated heterocycles. The Morgan fingerprint density at radius 3 is 2.80 bits per heavy atom. The summed E-state index contributed by atoms with van der Waals surface area (Å²) in [6.07, 6.45) is 4.43. The zero-order valence-electron chi connectivity index (χ0n) is 10.6. The SMILES string of the molecule is CCOc1ncnc(Sc2ncnc3nc[nH]c23)c1N. The highest BCUT2D eigenvalue weighted by molar-refractivity contribution is 7.99. The van der Waals surface area contributed by atoms with Crippen LogP contribution in [0.5, 0.6) is 5.88 Å². The van der Waals surface area contributed by atoms with E-state index in [0.717, 1.165) is 5.52 Å². The van der Waals surface area contributed by atoms with Crippen LogP contribution in [0.25, 0.3) is 11.2 Å². The van der Waals surface area contributed by atoms with Gasteiger partial charge in [0.2, 0.25) is 5.88 Å². The van der Waals surface area contributed by atoms with Crippen LogP contribution in [0, 0.1) is 0 Å². The molecule has 0 atom stereocenters. The van der Waals surface area contributed by atoms with E-state index in [1.165, 1.54) is 24.4 Å². The molecule has 102 valence electrons. The standard InChI is InChI=1S/C11H11N7OS/c1-2-19-9-6(12)10(17-5-16-9)20-11-7-8(14-3-13-7)15-4-18-11/h3-5H,2,12H2,1H3,(H,13,14,15,18). The first-order valence-electron chi connectivity index (χ1n) is 5.84. The summed E-state index contributed by atoms with van der Waals surface area (Å²) in [5, 5.41) is 1.28. The van der Waals surface area contributed by atoms with E-state index in [-0.39, 0.29) is 0 Å². The van der Waals surface area contributed by atoms with Gasteiger partial charge in [-0.25, -0.2) is 19.9 Å². The van der Waals surface area contributed by atoms with Crippen LogP contribution >= 0.6 is 11.8 Å². The van der Waals surface area contributed by atoms with Gasteiger partial charge < -0.3 is 15.5 Å². The van der Waals surface area contributed by atoms with Crippen molar-refractivity contribution in [2.75, 3.05) is 12.3 Å². The summed E-state index contributed by atoms with van der Waals surface area (Å²) in [5.41, 5.74) is 7.73. The van der Waals surface area contributed by atoms with Crippen molar-refractivity contribution in [2.45, 2.75) is 17.0 Å². The molecule has 0 amide bonds. The summed E-state index contributed by atoms with van der Waals surface area (Å²) in [7, 11) is 0. The molecule has 0 aliphatic carbocycles. The molecule has 3 aromatic heterocycles. The summed E-state index contributed by atoms with van der Waals surface area (Å²) in [6, 6.07) is 0.